The average molecular weight is 325 g/mol. The van der Waals surface area contributed by atoms with Gasteiger partial charge in [-0.1, -0.05) is 5.16 Å². The van der Waals surface area contributed by atoms with E-state index in [1.807, 2.05) is 18.2 Å². The van der Waals surface area contributed by atoms with Crippen molar-refractivity contribution in [1.82, 2.24) is 14.4 Å². The van der Waals surface area contributed by atoms with Gasteiger partial charge < -0.3 is 4.52 Å². The van der Waals surface area contributed by atoms with Crippen molar-refractivity contribution in [3.05, 3.63) is 17.0 Å². The van der Waals surface area contributed by atoms with Crippen LogP contribution in [0.4, 0.5) is 0 Å². The number of likely N-dealkylation sites (tertiary alicyclic amines) is 1. The van der Waals surface area contributed by atoms with Crippen LogP contribution in [0.3, 0.4) is 0 Å². The van der Waals surface area contributed by atoms with E-state index in [0.29, 0.717) is 12.6 Å². The Kier molecular flexibility index (Phi) is 3.36. The van der Waals surface area contributed by atoms with E-state index in [4.69, 9.17) is 4.52 Å². The van der Waals surface area contributed by atoms with Crippen LogP contribution in [0, 0.1) is 13.8 Å². The zero-order chi connectivity index (χ0) is 15.5. The van der Waals surface area contributed by atoms with Crippen LogP contribution in [0.25, 0.3) is 0 Å². The number of rotatable bonds is 4. The average Bonchev–Trinajstić information content (AvgIpc) is 3.04. The minimum Gasteiger partial charge on any atom is -0.361 e. The van der Waals surface area contributed by atoms with Gasteiger partial charge in [-0.25, -0.2) is 8.42 Å². The maximum Gasteiger partial charge on any atom is 0.217 e. The summed E-state index contributed by atoms with van der Waals surface area (Å²) >= 11 is 0. The molecule has 0 unspecified atom stereocenters. The van der Waals surface area contributed by atoms with E-state index in [-0.39, 0.29) is 11.3 Å². The Morgan fingerprint density at radius 2 is 1.86 bits per heavy atom. The third-order valence-electron chi connectivity index (χ3n) is 5.46. The Morgan fingerprint density at radius 1 is 1.14 bits per heavy atom. The summed E-state index contributed by atoms with van der Waals surface area (Å²) in [6.45, 7) is 6.38. The molecule has 1 aliphatic carbocycles. The van der Waals surface area contributed by atoms with E-state index in [1.54, 1.807) is 0 Å². The van der Waals surface area contributed by atoms with Gasteiger partial charge >= 0.3 is 0 Å². The highest BCUT2D eigenvalue weighted by atomic mass is 32.2. The van der Waals surface area contributed by atoms with E-state index < -0.39 is 10.0 Å². The lowest BCUT2D eigenvalue weighted by Gasteiger charge is -2.25. The normalized spacial score (nSPS) is 30.1. The highest BCUT2D eigenvalue weighted by Gasteiger charge is 2.51. The topological polar surface area (TPSA) is 66.7 Å². The summed E-state index contributed by atoms with van der Waals surface area (Å²) in [5, 5.41) is 3.93. The first-order valence-electron chi connectivity index (χ1n) is 8.15. The van der Waals surface area contributed by atoms with Crippen LogP contribution in [0.2, 0.25) is 0 Å². The van der Waals surface area contributed by atoms with Crippen molar-refractivity contribution in [2.45, 2.75) is 63.4 Å². The van der Waals surface area contributed by atoms with Crippen LogP contribution in [0.1, 0.15) is 42.7 Å². The molecule has 2 atom stereocenters. The lowest BCUT2D eigenvalue weighted by Crippen LogP contribution is -2.41. The summed E-state index contributed by atoms with van der Waals surface area (Å²) in [6, 6.07) is 0.522. The molecule has 0 N–H and O–H groups in total. The van der Waals surface area contributed by atoms with Crippen LogP contribution in [0.15, 0.2) is 4.52 Å². The third kappa shape index (κ3) is 2.21. The zero-order valence-corrected chi connectivity index (χ0v) is 14.0. The molecule has 122 valence electrons. The number of hydrogen-bond donors (Lipinski definition) is 0. The summed E-state index contributed by atoms with van der Waals surface area (Å²) in [6.07, 6.45) is 3.58. The first kappa shape index (κ1) is 14.7. The molecule has 0 aromatic carbocycles. The first-order chi connectivity index (χ1) is 10.5. The summed E-state index contributed by atoms with van der Waals surface area (Å²) in [5.41, 5.74) is 2.10. The van der Waals surface area contributed by atoms with Crippen molar-refractivity contribution in [2.24, 2.45) is 0 Å². The van der Waals surface area contributed by atoms with Gasteiger partial charge in [-0.15, -0.1) is 0 Å². The van der Waals surface area contributed by atoms with E-state index in [9.17, 15) is 8.42 Å². The van der Waals surface area contributed by atoms with Crippen molar-refractivity contribution in [3.63, 3.8) is 0 Å². The van der Waals surface area contributed by atoms with Crippen molar-refractivity contribution >= 4 is 10.0 Å². The van der Waals surface area contributed by atoms with Gasteiger partial charge in [0.25, 0.3) is 0 Å². The summed E-state index contributed by atoms with van der Waals surface area (Å²) in [7, 11) is -3.05. The predicted octanol–water partition coefficient (Wildman–Crippen LogP) is 1.43. The third-order valence-corrected chi connectivity index (χ3v) is 7.88. The number of aryl methyl sites for hydroxylation is 2. The molecule has 1 aromatic rings. The summed E-state index contributed by atoms with van der Waals surface area (Å²) < 4.78 is 32.2. The largest absolute Gasteiger partial charge is 0.361 e. The maximum atomic E-state index is 12.6. The molecule has 0 amide bonds. The van der Waals surface area contributed by atoms with Gasteiger partial charge in [-0.2, -0.15) is 4.31 Å². The van der Waals surface area contributed by atoms with Crippen LogP contribution in [-0.4, -0.2) is 53.2 Å². The number of aromatic nitrogens is 1. The van der Waals surface area contributed by atoms with Gasteiger partial charge in [-0.05, 0) is 39.5 Å². The molecule has 4 rings (SSSR count). The molecular formula is C15H23N3O3S. The predicted molar refractivity (Wildman–Crippen MR) is 81.8 cm³/mol. The Bertz CT molecular complexity index is 661. The summed E-state index contributed by atoms with van der Waals surface area (Å²) in [5.74, 6) is 0.876. The van der Waals surface area contributed by atoms with Gasteiger partial charge in [0.05, 0.1) is 10.9 Å². The number of sulfonamides is 1. The highest BCUT2D eigenvalue weighted by molar-refractivity contribution is 7.90. The molecule has 1 aromatic heterocycles. The number of nitrogens with zero attached hydrogens (tertiary/aromatic N) is 3. The molecule has 0 bridgehead atoms. The second kappa shape index (κ2) is 5.04. The fraction of sp³-hybridized carbons (Fsp3) is 0.800. The van der Waals surface area contributed by atoms with Gasteiger partial charge in [0.15, 0.2) is 0 Å². The molecule has 22 heavy (non-hydrogen) atoms. The minimum atomic E-state index is -3.05. The van der Waals surface area contributed by atoms with Crippen LogP contribution in [0.5, 0.6) is 0 Å². The van der Waals surface area contributed by atoms with Crippen LogP contribution < -0.4 is 0 Å². The smallest absolute Gasteiger partial charge is 0.217 e. The summed E-state index contributed by atoms with van der Waals surface area (Å²) in [4.78, 5) is 2.42. The Balaban J connectivity index is 1.51. The molecule has 3 heterocycles. The molecule has 1 saturated carbocycles. The standard InChI is InChI=1S/C15H23N3O3S/c1-10-13(11(2)21-16-10)9-17-7-5-15-14(17)6-8-18(15)22(19,20)12-3-4-12/h12,14-15H,3-9H2,1-2H3/t14-,15+/m0/s1. The van der Waals surface area contributed by atoms with Gasteiger partial charge in [0.2, 0.25) is 10.0 Å². The molecular weight excluding hydrogens is 302 g/mol. The lowest BCUT2D eigenvalue weighted by atomic mass is 10.1. The second-order valence-corrected chi connectivity index (χ2v) is 9.01. The molecule has 0 radical (unpaired) electrons. The van der Waals surface area contributed by atoms with Crippen molar-refractivity contribution in [3.8, 4) is 0 Å². The fourth-order valence-corrected chi connectivity index (χ4v) is 6.13. The quantitative estimate of drug-likeness (QED) is 0.838. The monoisotopic (exact) mass is 325 g/mol. The van der Waals surface area contributed by atoms with E-state index in [1.165, 1.54) is 0 Å². The molecule has 3 aliphatic rings. The van der Waals surface area contributed by atoms with E-state index in [0.717, 1.165) is 55.8 Å². The molecule has 7 heteroatoms. The van der Waals surface area contributed by atoms with Crippen LogP contribution in [-0.2, 0) is 16.6 Å². The van der Waals surface area contributed by atoms with E-state index in [2.05, 4.69) is 10.1 Å². The Morgan fingerprint density at radius 3 is 2.50 bits per heavy atom. The van der Waals surface area contributed by atoms with Crippen molar-refractivity contribution < 1.29 is 12.9 Å². The van der Waals surface area contributed by atoms with Crippen molar-refractivity contribution in [1.29, 1.82) is 0 Å². The molecule has 3 fully saturated rings. The van der Waals surface area contributed by atoms with Gasteiger partial charge in [0, 0.05) is 37.3 Å². The lowest BCUT2D eigenvalue weighted by molar-refractivity contribution is 0.238. The minimum absolute atomic E-state index is 0.0946. The fourth-order valence-electron chi connectivity index (χ4n) is 4.04. The zero-order valence-electron chi connectivity index (χ0n) is 13.2. The maximum absolute atomic E-state index is 12.6. The highest BCUT2D eigenvalue weighted by Crippen LogP contribution is 2.40. The molecule has 0 spiro atoms. The van der Waals surface area contributed by atoms with E-state index >= 15 is 0 Å². The molecule has 6 nitrogen and oxygen atoms in total. The van der Waals surface area contributed by atoms with Crippen LogP contribution >= 0.6 is 0 Å². The SMILES string of the molecule is Cc1noc(C)c1CN1CC[C@@H]2[C@@H]1CCN2S(=O)(=O)C1CC1. The second-order valence-electron chi connectivity index (χ2n) is 6.84. The van der Waals surface area contributed by atoms with Crippen molar-refractivity contribution in [2.75, 3.05) is 13.1 Å². The molecule has 2 aliphatic heterocycles. The Labute approximate surface area is 131 Å². The number of hydrogen-bond acceptors (Lipinski definition) is 5. The Hall–Kier alpha value is -0.920. The first-order valence-corrected chi connectivity index (χ1v) is 9.65. The molecule has 2 saturated heterocycles. The van der Waals surface area contributed by atoms with Gasteiger partial charge in [-0.3, -0.25) is 4.90 Å². The van der Waals surface area contributed by atoms with Gasteiger partial charge in [0.1, 0.15) is 5.76 Å². The number of fused-ring (bicyclic) bond motifs is 1.